The maximum Gasteiger partial charge on any atom is 0.408 e. The zero-order valence-corrected chi connectivity index (χ0v) is 23.5. The number of alkyl carbamates (subject to hydrolysis) is 1. The summed E-state index contributed by atoms with van der Waals surface area (Å²) in [7, 11) is 0. The molecule has 3 atom stereocenters. The van der Waals surface area contributed by atoms with E-state index in [9.17, 15) is 24.0 Å². The molecule has 39 heavy (non-hydrogen) atoms. The van der Waals surface area contributed by atoms with E-state index in [1.807, 2.05) is 6.92 Å². The van der Waals surface area contributed by atoms with Crippen LogP contribution in [-0.2, 0) is 28.7 Å². The molecule has 0 aliphatic heterocycles. The van der Waals surface area contributed by atoms with E-state index in [0.717, 1.165) is 0 Å². The number of terminal acetylenes is 1. The molecular weight excluding hydrogens is 504 g/mol. The summed E-state index contributed by atoms with van der Waals surface area (Å²) in [5.74, 6) is -0.129. The number of hydrogen-bond donors (Lipinski definition) is 3. The molecule has 3 unspecified atom stereocenters. The Bertz CT molecular complexity index is 1070. The Morgan fingerprint density at radius 3 is 2.31 bits per heavy atom. The lowest BCUT2D eigenvalue weighted by atomic mass is 9.95. The van der Waals surface area contributed by atoms with E-state index >= 15 is 0 Å². The number of benzene rings is 1. The number of amides is 4. The number of carbonyl (C=O) groups excluding carboxylic acids is 5. The van der Waals surface area contributed by atoms with E-state index in [0.29, 0.717) is 17.5 Å². The molecule has 214 valence electrons. The number of nitrogens with two attached hydrogens (primary N) is 1. The fraction of sp³-hybridized carbons (Fsp3) is 0.536. The van der Waals surface area contributed by atoms with Crippen LogP contribution in [0.5, 0.6) is 0 Å². The third kappa shape index (κ3) is 10.7. The van der Waals surface area contributed by atoms with Crippen molar-refractivity contribution in [2.75, 3.05) is 13.2 Å². The highest BCUT2D eigenvalue weighted by Crippen LogP contribution is 2.29. The van der Waals surface area contributed by atoms with Gasteiger partial charge in [-0.3, -0.25) is 19.2 Å². The smallest absolute Gasteiger partial charge is 0.408 e. The predicted octanol–water partition coefficient (Wildman–Crippen LogP) is 2.17. The van der Waals surface area contributed by atoms with Crippen molar-refractivity contribution >= 4 is 29.8 Å². The van der Waals surface area contributed by atoms with Gasteiger partial charge in [-0.25, -0.2) is 4.79 Å². The average Bonchev–Trinajstić information content (AvgIpc) is 2.84. The fourth-order valence-electron chi connectivity index (χ4n) is 3.73. The van der Waals surface area contributed by atoms with Crippen LogP contribution in [0.4, 0.5) is 4.79 Å². The number of carbonyl (C=O) groups is 5. The molecule has 11 nitrogen and oxygen atoms in total. The van der Waals surface area contributed by atoms with Crippen molar-refractivity contribution in [2.24, 2.45) is 5.73 Å². The van der Waals surface area contributed by atoms with Gasteiger partial charge in [0, 0.05) is 18.2 Å². The highest BCUT2D eigenvalue weighted by molar-refractivity contribution is 5.95. The molecule has 1 rings (SSSR count). The van der Waals surface area contributed by atoms with E-state index in [4.69, 9.17) is 21.6 Å². The van der Waals surface area contributed by atoms with Crippen LogP contribution < -0.4 is 16.4 Å². The molecular formula is C28H40N4O7. The Kier molecular flexibility index (Phi) is 13.0. The molecule has 0 spiro atoms. The monoisotopic (exact) mass is 544 g/mol. The highest BCUT2D eigenvalue weighted by Gasteiger charge is 2.39. The Balaban J connectivity index is 3.55. The predicted molar refractivity (Wildman–Crippen MR) is 145 cm³/mol. The van der Waals surface area contributed by atoms with E-state index in [2.05, 4.69) is 16.6 Å². The Morgan fingerprint density at radius 2 is 1.77 bits per heavy atom. The molecule has 11 heteroatoms. The van der Waals surface area contributed by atoms with Crippen LogP contribution in [0, 0.1) is 12.3 Å². The first-order valence-corrected chi connectivity index (χ1v) is 12.8. The fourth-order valence-corrected chi connectivity index (χ4v) is 3.73. The molecule has 1 aromatic rings. The third-order valence-electron chi connectivity index (χ3n) is 5.59. The minimum absolute atomic E-state index is 0.0458. The number of esters is 1. The lowest BCUT2D eigenvalue weighted by molar-refractivity contribution is -0.146. The largest absolute Gasteiger partial charge is 0.466 e. The molecule has 0 saturated heterocycles. The normalized spacial score (nSPS) is 13.2. The molecule has 0 fully saturated rings. The maximum atomic E-state index is 14.0. The maximum absolute atomic E-state index is 14.0. The van der Waals surface area contributed by atoms with Crippen molar-refractivity contribution in [3.63, 3.8) is 0 Å². The van der Waals surface area contributed by atoms with Gasteiger partial charge in [0.15, 0.2) is 0 Å². The average molecular weight is 545 g/mol. The van der Waals surface area contributed by atoms with E-state index < -0.39 is 59.9 Å². The second-order valence-electron chi connectivity index (χ2n) is 9.85. The van der Waals surface area contributed by atoms with Gasteiger partial charge in [-0.05, 0) is 52.7 Å². The Labute approximate surface area is 230 Å². The summed E-state index contributed by atoms with van der Waals surface area (Å²) in [5.41, 5.74) is 5.27. The SMILES string of the molecule is C#Cc1ccccc1C(C(=O)NCCC(=O)OCC)N(C(=O)C(CC(N)=O)NC(=O)OC(C)(C)C)C(C)CC. The summed E-state index contributed by atoms with van der Waals surface area (Å²) in [5, 5.41) is 5.11. The summed E-state index contributed by atoms with van der Waals surface area (Å²) in [6.07, 6.45) is 4.61. The first kappa shape index (κ1) is 33.0. The highest BCUT2D eigenvalue weighted by atomic mass is 16.6. The molecule has 0 radical (unpaired) electrons. The number of nitrogens with one attached hydrogen (secondary N) is 2. The standard InChI is InChI=1S/C28H40N4O7/c1-8-18(4)32(26(36)21(17-22(29)33)31-27(37)39-28(5,6)7)24(20-14-12-11-13-19(20)9-2)25(35)30-16-15-23(34)38-10-3/h2,11-14,18,21,24H,8,10,15-17H2,1,3-7H3,(H2,29,33)(H,30,35)(H,31,37). The second kappa shape index (κ2) is 15.4. The van der Waals surface area contributed by atoms with Gasteiger partial charge < -0.3 is 30.7 Å². The van der Waals surface area contributed by atoms with Crippen molar-refractivity contribution in [3.8, 4) is 12.3 Å². The van der Waals surface area contributed by atoms with Crippen LogP contribution >= 0.6 is 0 Å². The molecule has 0 aromatic heterocycles. The third-order valence-corrected chi connectivity index (χ3v) is 5.59. The van der Waals surface area contributed by atoms with Gasteiger partial charge in [0.2, 0.25) is 17.7 Å². The minimum Gasteiger partial charge on any atom is -0.466 e. The van der Waals surface area contributed by atoms with Crippen molar-refractivity contribution in [1.82, 2.24) is 15.5 Å². The quantitative estimate of drug-likeness (QED) is 0.254. The summed E-state index contributed by atoms with van der Waals surface area (Å²) in [6, 6.07) is 3.42. The van der Waals surface area contributed by atoms with E-state index in [-0.39, 0.29) is 19.6 Å². The van der Waals surface area contributed by atoms with Crippen LogP contribution in [0.3, 0.4) is 0 Å². The first-order chi connectivity index (χ1) is 18.2. The van der Waals surface area contributed by atoms with E-state index in [1.165, 1.54) is 4.90 Å². The van der Waals surface area contributed by atoms with Gasteiger partial charge in [-0.2, -0.15) is 0 Å². The van der Waals surface area contributed by atoms with Crippen molar-refractivity contribution < 1.29 is 33.4 Å². The molecule has 4 N–H and O–H groups in total. The number of nitrogens with zero attached hydrogens (tertiary/aromatic N) is 1. The zero-order valence-electron chi connectivity index (χ0n) is 23.5. The van der Waals surface area contributed by atoms with Gasteiger partial charge >= 0.3 is 12.1 Å². The molecule has 0 aliphatic rings. The second-order valence-corrected chi connectivity index (χ2v) is 9.85. The van der Waals surface area contributed by atoms with Gasteiger partial charge in [0.1, 0.15) is 17.7 Å². The van der Waals surface area contributed by atoms with Crippen molar-refractivity contribution in [1.29, 1.82) is 0 Å². The minimum atomic E-state index is -1.42. The molecule has 0 saturated carbocycles. The molecule has 4 amide bonds. The van der Waals surface area contributed by atoms with Crippen LogP contribution in [0.2, 0.25) is 0 Å². The van der Waals surface area contributed by atoms with Gasteiger partial charge in [-0.15, -0.1) is 6.42 Å². The van der Waals surface area contributed by atoms with Crippen molar-refractivity contribution in [2.45, 2.75) is 84.5 Å². The lowest BCUT2D eigenvalue weighted by Crippen LogP contribution is -2.56. The zero-order chi connectivity index (χ0) is 29.8. The van der Waals surface area contributed by atoms with Crippen LogP contribution in [0.15, 0.2) is 24.3 Å². The first-order valence-electron chi connectivity index (χ1n) is 12.8. The molecule has 0 heterocycles. The Morgan fingerprint density at radius 1 is 1.13 bits per heavy atom. The molecule has 0 bridgehead atoms. The van der Waals surface area contributed by atoms with Crippen LogP contribution in [0.1, 0.15) is 78.0 Å². The summed E-state index contributed by atoms with van der Waals surface area (Å²) < 4.78 is 10.2. The number of ether oxygens (including phenoxy) is 2. The molecule has 0 aliphatic carbocycles. The Hall–Kier alpha value is -4.07. The van der Waals surface area contributed by atoms with Gasteiger partial charge in [0.25, 0.3) is 0 Å². The summed E-state index contributed by atoms with van der Waals surface area (Å²) >= 11 is 0. The van der Waals surface area contributed by atoms with E-state index in [1.54, 1.807) is 58.9 Å². The number of primary amides is 1. The van der Waals surface area contributed by atoms with Gasteiger partial charge in [-0.1, -0.05) is 31.0 Å². The topological polar surface area (TPSA) is 157 Å². The summed E-state index contributed by atoms with van der Waals surface area (Å²) in [4.78, 5) is 65.2. The number of rotatable bonds is 13. The van der Waals surface area contributed by atoms with Crippen molar-refractivity contribution in [3.05, 3.63) is 35.4 Å². The van der Waals surface area contributed by atoms with Crippen LogP contribution in [0.25, 0.3) is 0 Å². The number of hydrogen-bond acceptors (Lipinski definition) is 7. The lowest BCUT2D eigenvalue weighted by Gasteiger charge is -2.38. The van der Waals surface area contributed by atoms with Gasteiger partial charge in [0.05, 0.1) is 19.4 Å². The van der Waals surface area contributed by atoms with Crippen LogP contribution in [-0.4, -0.2) is 65.5 Å². The molecule has 1 aromatic carbocycles. The summed E-state index contributed by atoms with van der Waals surface area (Å²) in [6.45, 7) is 10.3.